The molecule has 166 valence electrons. The molecule has 2 atom stereocenters. The molecule has 0 amide bonds. The summed E-state index contributed by atoms with van der Waals surface area (Å²) in [5.74, 6) is 0. The Kier molecular flexibility index (Phi) is 16.2. The minimum absolute atomic E-state index is 0.0385. The van der Waals surface area contributed by atoms with Gasteiger partial charge in [0.05, 0.1) is 0 Å². The van der Waals surface area contributed by atoms with Gasteiger partial charge in [-0.2, -0.15) is 0 Å². The molecular weight excluding hydrogens is 451 g/mol. The Labute approximate surface area is 181 Å². The molecule has 0 radical (unpaired) electrons. The number of hydrogen-bond donors (Lipinski definition) is 0. The van der Waals surface area contributed by atoms with Gasteiger partial charge >= 0.3 is 181 Å². The average Bonchev–Trinajstić information content (AvgIpc) is 2.73. The van der Waals surface area contributed by atoms with Crippen LogP contribution >= 0.6 is 0 Å². The molecule has 1 heterocycles. The van der Waals surface area contributed by atoms with Crippen molar-refractivity contribution in [3.8, 4) is 0 Å². The molecule has 1 saturated heterocycles. The van der Waals surface area contributed by atoms with E-state index in [2.05, 4.69) is 37.9 Å². The second-order valence-electron chi connectivity index (χ2n) is 9.00. The summed E-state index contributed by atoms with van der Waals surface area (Å²) in [6.45, 7) is 10.2. The van der Waals surface area contributed by atoms with E-state index in [1.54, 1.807) is 13.3 Å². The van der Waals surface area contributed by atoms with E-state index in [1.165, 1.54) is 77.0 Å². The van der Waals surface area contributed by atoms with Crippen molar-refractivity contribution in [1.29, 1.82) is 0 Å². The van der Waals surface area contributed by atoms with Crippen molar-refractivity contribution >= 4 is 18.4 Å². The van der Waals surface area contributed by atoms with Crippen LogP contribution in [0, 0.1) is 0 Å². The van der Waals surface area contributed by atoms with E-state index in [0.29, 0.717) is 0 Å². The number of hydrogen-bond acceptors (Lipinski definition) is 2. The van der Waals surface area contributed by atoms with Gasteiger partial charge in [-0.05, 0) is 0 Å². The first kappa shape index (κ1) is 26.5. The van der Waals surface area contributed by atoms with Crippen LogP contribution in [0.5, 0.6) is 0 Å². The summed E-state index contributed by atoms with van der Waals surface area (Å²) in [5, 5.41) is 0. The van der Waals surface area contributed by atoms with Crippen molar-refractivity contribution in [1.82, 2.24) is 0 Å². The van der Waals surface area contributed by atoms with E-state index in [-0.39, 0.29) is 12.4 Å². The van der Waals surface area contributed by atoms with Crippen molar-refractivity contribution in [2.75, 3.05) is 6.61 Å². The molecule has 3 heteroatoms. The fourth-order valence-electron chi connectivity index (χ4n) is 4.34. The molecule has 1 fully saturated rings. The summed E-state index contributed by atoms with van der Waals surface area (Å²) in [5.41, 5.74) is 0. The molecule has 0 bridgehead atoms. The first-order chi connectivity index (χ1) is 13.7. The van der Waals surface area contributed by atoms with Gasteiger partial charge in [0.15, 0.2) is 0 Å². The maximum atomic E-state index is 6.47. The SMILES string of the molecule is CCCCCC(/C=[CH]/[Sn]([CH2]CCC)([CH2]CCC)[CH2]CCC)OC1CCCCO1. The molecule has 1 aliphatic rings. The van der Waals surface area contributed by atoms with Crippen molar-refractivity contribution in [3.05, 3.63) is 10.2 Å². The van der Waals surface area contributed by atoms with Gasteiger partial charge < -0.3 is 0 Å². The molecule has 1 rings (SSSR count). The van der Waals surface area contributed by atoms with Gasteiger partial charge in [-0.25, -0.2) is 0 Å². The fourth-order valence-corrected chi connectivity index (χ4v) is 18.7. The van der Waals surface area contributed by atoms with Gasteiger partial charge in [0.2, 0.25) is 0 Å². The number of ether oxygens (including phenoxy) is 2. The van der Waals surface area contributed by atoms with Gasteiger partial charge in [0.1, 0.15) is 0 Å². The Hall–Kier alpha value is 0.459. The van der Waals surface area contributed by atoms with E-state index >= 15 is 0 Å². The molecule has 0 spiro atoms. The zero-order valence-corrected chi connectivity index (χ0v) is 22.5. The third kappa shape index (κ3) is 11.6. The second-order valence-corrected chi connectivity index (χ2v) is 22.0. The summed E-state index contributed by atoms with van der Waals surface area (Å²) < 4.78 is 19.8. The van der Waals surface area contributed by atoms with E-state index in [1.807, 2.05) is 0 Å². The molecular formula is C25H50O2Sn. The Balaban J connectivity index is 2.85. The van der Waals surface area contributed by atoms with E-state index in [9.17, 15) is 0 Å². The van der Waals surface area contributed by atoms with Crippen LogP contribution in [-0.4, -0.2) is 37.4 Å². The van der Waals surface area contributed by atoms with E-state index in [4.69, 9.17) is 9.47 Å². The zero-order chi connectivity index (χ0) is 20.5. The van der Waals surface area contributed by atoms with Crippen LogP contribution < -0.4 is 0 Å². The summed E-state index contributed by atoms with van der Waals surface area (Å²) >= 11 is -2.21. The van der Waals surface area contributed by atoms with E-state index < -0.39 is 18.4 Å². The standard InChI is InChI=1S/C13H23O2.3C4H9.Sn/c1-3-5-6-9-12(4-2)15-13-10-7-8-11-14-13;3*1-3-4-2;/h2,4,12-13H,3,5-11H2,1H3;3*1,3-4H2,2H3;. The fraction of sp³-hybridized carbons (Fsp3) is 0.920. The summed E-state index contributed by atoms with van der Waals surface area (Å²) in [7, 11) is 0. The Morgan fingerprint density at radius 2 is 1.46 bits per heavy atom. The molecule has 2 unspecified atom stereocenters. The zero-order valence-electron chi connectivity index (χ0n) is 19.6. The molecule has 1 aliphatic heterocycles. The first-order valence-corrected chi connectivity index (χ1v) is 20.4. The summed E-state index contributed by atoms with van der Waals surface area (Å²) in [6.07, 6.45) is 19.7. The Morgan fingerprint density at radius 3 is 1.96 bits per heavy atom. The predicted molar refractivity (Wildman–Crippen MR) is 127 cm³/mol. The van der Waals surface area contributed by atoms with Crippen LogP contribution in [-0.2, 0) is 9.47 Å². The van der Waals surface area contributed by atoms with Crippen LogP contribution in [0.4, 0.5) is 0 Å². The third-order valence-corrected chi connectivity index (χ3v) is 20.4. The van der Waals surface area contributed by atoms with Gasteiger partial charge in [-0.15, -0.1) is 0 Å². The van der Waals surface area contributed by atoms with E-state index in [0.717, 1.165) is 13.0 Å². The van der Waals surface area contributed by atoms with Crippen molar-refractivity contribution in [2.24, 2.45) is 0 Å². The average molecular weight is 501 g/mol. The molecule has 0 saturated carbocycles. The minimum atomic E-state index is -2.21. The van der Waals surface area contributed by atoms with Crippen LogP contribution in [0.25, 0.3) is 0 Å². The molecule has 0 aromatic carbocycles. The van der Waals surface area contributed by atoms with Gasteiger partial charge in [-0.3, -0.25) is 0 Å². The molecule has 0 aliphatic carbocycles. The molecule has 0 aromatic heterocycles. The second kappa shape index (κ2) is 17.2. The van der Waals surface area contributed by atoms with Crippen LogP contribution in [0.2, 0.25) is 13.3 Å². The van der Waals surface area contributed by atoms with Gasteiger partial charge in [-0.1, -0.05) is 0 Å². The molecule has 2 nitrogen and oxygen atoms in total. The van der Waals surface area contributed by atoms with Crippen LogP contribution in [0.1, 0.15) is 111 Å². The molecule has 28 heavy (non-hydrogen) atoms. The number of rotatable bonds is 17. The quantitative estimate of drug-likeness (QED) is 0.147. The third-order valence-electron chi connectivity index (χ3n) is 6.31. The molecule has 0 N–H and O–H groups in total. The predicted octanol–water partition coefficient (Wildman–Crippen LogP) is 8.42. The maximum absolute atomic E-state index is 6.47. The Bertz CT molecular complexity index is 355. The van der Waals surface area contributed by atoms with Crippen molar-refractivity contribution in [2.45, 2.75) is 137 Å². The van der Waals surface area contributed by atoms with Gasteiger partial charge in [0.25, 0.3) is 0 Å². The monoisotopic (exact) mass is 502 g/mol. The Morgan fingerprint density at radius 1 is 0.857 bits per heavy atom. The van der Waals surface area contributed by atoms with Crippen LogP contribution in [0.3, 0.4) is 0 Å². The summed E-state index contributed by atoms with van der Waals surface area (Å²) in [6, 6.07) is 0. The van der Waals surface area contributed by atoms with Gasteiger partial charge in [0, 0.05) is 0 Å². The molecule has 0 aromatic rings. The topological polar surface area (TPSA) is 18.5 Å². The summed E-state index contributed by atoms with van der Waals surface area (Å²) in [4.78, 5) is 0. The van der Waals surface area contributed by atoms with Crippen LogP contribution in [0.15, 0.2) is 10.2 Å². The number of unbranched alkanes of at least 4 members (excludes halogenated alkanes) is 5. The van der Waals surface area contributed by atoms with Crippen molar-refractivity contribution in [3.63, 3.8) is 0 Å². The van der Waals surface area contributed by atoms with Crippen molar-refractivity contribution < 1.29 is 9.47 Å². The first-order valence-electron chi connectivity index (χ1n) is 12.7. The normalized spacial score (nSPS) is 19.4.